The van der Waals surface area contributed by atoms with E-state index in [1.807, 2.05) is 31.2 Å². The Morgan fingerprint density at radius 1 is 1.15 bits per heavy atom. The number of aryl methyl sites for hydroxylation is 2. The van der Waals surface area contributed by atoms with Gasteiger partial charge in [-0.3, -0.25) is 18.5 Å². The lowest BCUT2D eigenvalue weighted by molar-refractivity contribution is 0.491. The molecule has 9 nitrogen and oxygen atoms in total. The predicted octanol–water partition coefficient (Wildman–Crippen LogP) is 1.49. The first-order valence-electron chi connectivity index (χ1n) is 8.08. The third-order valence-corrected chi connectivity index (χ3v) is 4.62. The molecule has 0 N–H and O–H groups in total. The topological polar surface area (TPSA) is 101 Å². The highest BCUT2D eigenvalue weighted by molar-refractivity contribution is 6.29. The van der Waals surface area contributed by atoms with Gasteiger partial charge in [-0.15, -0.1) is 10.2 Å². The largest absolute Gasteiger partial charge is 0.419 e. The summed E-state index contributed by atoms with van der Waals surface area (Å²) in [5.41, 5.74) is 1.29. The van der Waals surface area contributed by atoms with Crippen LogP contribution in [0.4, 0.5) is 0 Å². The molecule has 27 heavy (non-hydrogen) atoms. The van der Waals surface area contributed by atoms with Crippen molar-refractivity contribution in [2.45, 2.75) is 13.5 Å². The van der Waals surface area contributed by atoms with Crippen molar-refractivity contribution in [1.29, 1.82) is 0 Å². The Morgan fingerprint density at radius 2 is 1.93 bits per heavy atom. The van der Waals surface area contributed by atoms with Gasteiger partial charge in [0.15, 0.2) is 11.2 Å². The van der Waals surface area contributed by atoms with E-state index in [0.717, 1.165) is 15.7 Å². The Morgan fingerprint density at radius 3 is 2.67 bits per heavy atom. The number of nitrogens with zero attached hydrogens (tertiary/aromatic N) is 6. The minimum absolute atomic E-state index is 0.0543. The van der Waals surface area contributed by atoms with E-state index in [1.165, 1.54) is 23.2 Å². The SMILES string of the molecule is Cc1cccc(-c2nnc(Cn3c(Cl)nc4c3c(=O)n(C)c(=O)n4C)o2)c1. The standard InChI is InChI=1S/C17H15ClN6O3/c1-9-5-4-6-10(7-9)14-21-20-11(27-14)8-24-12-13(19-16(24)18)22(2)17(26)23(3)15(12)25/h4-7H,8H2,1-3H3. The third-order valence-electron chi connectivity index (χ3n) is 4.33. The van der Waals surface area contributed by atoms with Gasteiger partial charge in [0.2, 0.25) is 17.1 Å². The van der Waals surface area contributed by atoms with Crippen LogP contribution in [0.2, 0.25) is 5.28 Å². The van der Waals surface area contributed by atoms with Crippen LogP contribution in [-0.4, -0.2) is 28.9 Å². The summed E-state index contributed by atoms with van der Waals surface area (Å²) in [7, 11) is 2.93. The van der Waals surface area contributed by atoms with Crippen LogP contribution in [0.5, 0.6) is 0 Å². The first-order valence-corrected chi connectivity index (χ1v) is 8.46. The van der Waals surface area contributed by atoms with Gasteiger partial charge in [0.1, 0.15) is 6.54 Å². The van der Waals surface area contributed by atoms with Crippen LogP contribution >= 0.6 is 11.6 Å². The molecule has 0 amide bonds. The lowest BCUT2D eigenvalue weighted by Gasteiger charge is -2.05. The minimum Gasteiger partial charge on any atom is -0.419 e. The third kappa shape index (κ3) is 2.76. The highest BCUT2D eigenvalue weighted by atomic mass is 35.5. The maximum atomic E-state index is 12.6. The van der Waals surface area contributed by atoms with Gasteiger partial charge in [-0.2, -0.15) is 4.98 Å². The molecule has 0 fully saturated rings. The van der Waals surface area contributed by atoms with Gasteiger partial charge in [0, 0.05) is 19.7 Å². The van der Waals surface area contributed by atoms with Crippen LogP contribution in [0, 0.1) is 6.92 Å². The Kier molecular flexibility index (Phi) is 3.96. The van der Waals surface area contributed by atoms with Gasteiger partial charge in [-0.05, 0) is 30.7 Å². The van der Waals surface area contributed by atoms with E-state index in [9.17, 15) is 9.59 Å². The first-order chi connectivity index (χ1) is 12.9. The number of hydrogen-bond acceptors (Lipinski definition) is 6. The van der Waals surface area contributed by atoms with Gasteiger partial charge < -0.3 is 4.42 Å². The predicted molar refractivity (Wildman–Crippen MR) is 98.8 cm³/mol. The smallest absolute Gasteiger partial charge is 0.332 e. The summed E-state index contributed by atoms with van der Waals surface area (Å²) < 4.78 is 9.44. The van der Waals surface area contributed by atoms with Crippen molar-refractivity contribution in [3.63, 3.8) is 0 Å². The summed E-state index contributed by atoms with van der Waals surface area (Å²) in [6, 6.07) is 7.68. The van der Waals surface area contributed by atoms with Gasteiger partial charge in [-0.25, -0.2) is 4.79 Å². The molecule has 0 aliphatic rings. The van der Waals surface area contributed by atoms with E-state index in [0.29, 0.717) is 5.89 Å². The maximum absolute atomic E-state index is 12.6. The molecule has 0 aliphatic carbocycles. The fourth-order valence-electron chi connectivity index (χ4n) is 2.91. The van der Waals surface area contributed by atoms with Crippen molar-refractivity contribution in [2.24, 2.45) is 14.1 Å². The zero-order valence-corrected chi connectivity index (χ0v) is 15.6. The zero-order chi connectivity index (χ0) is 19.3. The van der Waals surface area contributed by atoms with Gasteiger partial charge in [0.05, 0.1) is 0 Å². The fraction of sp³-hybridized carbons (Fsp3) is 0.235. The Hall–Kier alpha value is -3.20. The highest BCUT2D eigenvalue weighted by Gasteiger charge is 2.20. The van der Waals surface area contributed by atoms with E-state index < -0.39 is 11.2 Å². The molecule has 0 atom stereocenters. The normalized spacial score (nSPS) is 11.4. The number of rotatable bonds is 3. The summed E-state index contributed by atoms with van der Waals surface area (Å²) in [5, 5.41) is 8.15. The summed E-state index contributed by atoms with van der Waals surface area (Å²) in [4.78, 5) is 28.8. The summed E-state index contributed by atoms with van der Waals surface area (Å²) in [5.74, 6) is 0.637. The van der Waals surface area contributed by atoms with Crippen molar-refractivity contribution in [3.8, 4) is 11.5 Å². The molecular weight excluding hydrogens is 372 g/mol. The maximum Gasteiger partial charge on any atom is 0.332 e. The van der Waals surface area contributed by atoms with Gasteiger partial charge in [0.25, 0.3) is 5.56 Å². The molecule has 0 bridgehead atoms. The highest BCUT2D eigenvalue weighted by Crippen LogP contribution is 2.21. The number of halogens is 1. The lowest BCUT2D eigenvalue weighted by Crippen LogP contribution is -2.37. The quantitative estimate of drug-likeness (QED) is 0.494. The number of hydrogen-bond donors (Lipinski definition) is 0. The van der Waals surface area contributed by atoms with Gasteiger partial charge >= 0.3 is 5.69 Å². The summed E-state index contributed by atoms with van der Waals surface area (Å²) >= 11 is 6.21. The molecule has 138 valence electrons. The van der Waals surface area contributed by atoms with Gasteiger partial charge in [-0.1, -0.05) is 17.7 Å². The number of fused-ring (bicyclic) bond motifs is 1. The minimum atomic E-state index is -0.495. The molecule has 4 aromatic rings. The molecule has 10 heteroatoms. The van der Waals surface area contributed by atoms with Crippen LogP contribution in [0.1, 0.15) is 11.5 Å². The molecule has 0 unspecified atom stereocenters. The van der Waals surface area contributed by atoms with Crippen molar-refractivity contribution >= 4 is 22.8 Å². The molecule has 3 heterocycles. The number of imidazole rings is 1. The lowest BCUT2D eigenvalue weighted by atomic mass is 10.1. The second kappa shape index (κ2) is 6.20. The Bertz CT molecular complexity index is 1300. The van der Waals surface area contributed by atoms with Crippen LogP contribution in [-0.2, 0) is 20.6 Å². The number of benzene rings is 1. The molecular formula is C17H15ClN6O3. The molecule has 0 saturated heterocycles. The first kappa shape index (κ1) is 17.2. The molecule has 0 saturated carbocycles. The zero-order valence-electron chi connectivity index (χ0n) is 14.8. The fourth-order valence-corrected chi connectivity index (χ4v) is 3.14. The van der Waals surface area contributed by atoms with E-state index >= 15 is 0 Å². The van der Waals surface area contributed by atoms with Crippen LogP contribution < -0.4 is 11.2 Å². The Balaban J connectivity index is 1.80. The summed E-state index contributed by atoms with van der Waals surface area (Å²) in [6.07, 6.45) is 0. The van der Waals surface area contributed by atoms with E-state index in [2.05, 4.69) is 15.2 Å². The van der Waals surface area contributed by atoms with Crippen molar-refractivity contribution in [2.75, 3.05) is 0 Å². The molecule has 4 rings (SSSR count). The van der Waals surface area contributed by atoms with Crippen molar-refractivity contribution < 1.29 is 4.42 Å². The second-order valence-corrected chi connectivity index (χ2v) is 6.55. The monoisotopic (exact) mass is 386 g/mol. The molecule has 0 aliphatic heterocycles. The Labute approximate surface area is 157 Å². The van der Waals surface area contributed by atoms with E-state index in [1.54, 1.807) is 0 Å². The summed E-state index contributed by atoms with van der Waals surface area (Å²) in [6.45, 7) is 2.03. The van der Waals surface area contributed by atoms with Crippen LogP contribution in [0.3, 0.4) is 0 Å². The molecule has 0 spiro atoms. The van der Waals surface area contributed by atoms with Crippen molar-refractivity contribution in [1.82, 2.24) is 28.9 Å². The van der Waals surface area contributed by atoms with Crippen LogP contribution in [0.15, 0.2) is 38.3 Å². The number of aromatic nitrogens is 6. The second-order valence-electron chi connectivity index (χ2n) is 6.22. The van der Waals surface area contributed by atoms with Crippen molar-refractivity contribution in [3.05, 3.63) is 61.8 Å². The van der Waals surface area contributed by atoms with E-state index in [4.69, 9.17) is 16.0 Å². The van der Waals surface area contributed by atoms with Crippen LogP contribution in [0.25, 0.3) is 22.6 Å². The molecule has 1 aromatic carbocycles. The molecule has 0 radical (unpaired) electrons. The average molecular weight is 387 g/mol. The van der Waals surface area contributed by atoms with E-state index in [-0.39, 0.29) is 28.9 Å². The molecule has 3 aromatic heterocycles. The average Bonchev–Trinajstić information content (AvgIpc) is 3.24.